The highest BCUT2D eigenvalue weighted by Gasteiger charge is 2.58. The zero-order valence-electron chi connectivity index (χ0n) is 11.3. The summed E-state index contributed by atoms with van der Waals surface area (Å²) in [6.07, 6.45) is 9.46. The van der Waals surface area contributed by atoms with Crippen molar-refractivity contribution in [2.75, 3.05) is 13.6 Å². The van der Waals surface area contributed by atoms with E-state index in [0.29, 0.717) is 5.41 Å². The third-order valence-electron chi connectivity index (χ3n) is 6.08. The highest BCUT2D eigenvalue weighted by Crippen LogP contribution is 2.67. The molecule has 2 heteroatoms. The van der Waals surface area contributed by atoms with E-state index in [-0.39, 0.29) is 11.5 Å². The Kier molecular flexibility index (Phi) is 2.79. The van der Waals surface area contributed by atoms with Gasteiger partial charge in [0.1, 0.15) is 0 Å². The molecule has 0 heterocycles. The molecule has 3 unspecified atom stereocenters. The van der Waals surface area contributed by atoms with E-state index in [4.69, 9.17) is 0 Å². The molecule has 0 amide bonds. The van der Waals surface area contributed by atoms with E-state index < -0.39 is 0 Å². The van der Waals surface area contributed by atoms with Crippen LogP contribution in [0.3, 0.4) is 0 Å². The number of hydrogen-bond acceptors (Lipinski definition) is 2. The van der Waals surface area contributed by atoms with Gasteiger partial charge in [-0.05, 0) is 68.2 Å². The lowest BCUT2D eigenvalue weighted by atomic mass is 9.42. The Labute approximate surface area is 105 Å². The average Bonchev–Trinajstić information content (AvgIpc) is 2.27. The SMILES string of the molecule is CCC12CC3CC(C1)CC(C(O)CNC)(C3)C2. The lowest BCUT2D eigenvalue weighted by molar-refractivity contribution is -0.158. The monoisotopic (exact) mass is 237 g/mol. The van der Waals surface area contributed by atoms with Crippen LogP contribution < -0.4 is 5.32 Å². The minimum atomic E-state index is -0.121. The molecule has 0 spiro atoms. The lowest BCUT2D eigenvalue weighted by Crippen LogP contribution is -2.57. The Bertz CT molecular complexity index is 287. The molecule has 4 aliphatic carbocycles. The average molecular weight is 237 g/mol. The summed E-state index contributed by atoms with van der Waals surface area (Å²) in [4.78, 5) is 0. The third-order valence-corrected chi connectivity index (χ3v) is 6.08. The first-order valence-corrected chi connectivity index (χ1v) is 7.44. The number of nitrogens with one attached hydrogen (secondary N) is 1. The quantitative estimate of drug-likeness (QED) is 0.787. The summed E-state index contributed by atoms with van der Waals surface area (Å²) in [5, 5.41) is 13.7. The maximum absolute atomic E-state index is 10.6. The molecule has 0 aliphatic heterocycles. The minimum Gasteiger partial charge on any atom is -0.391 e. The van der Waals surface area contributed by atoms with Crippen molar-refractivity contribution in [3.63, 3.8) is 0 Å². The summed E-state index contributed by atoms with van der Waals surface area (Å²) in [5.41, 5.74) is 0.863. The zero-order valence-corrected chi connectivity index (χ0v) is 11.3. The highest BCUT2D eigenvalue weighted by molar-refractivity contribution is 5.09. The van der Waals surface area contributed by atoms with E-state index >= 15 is 0 Å². The van der Waals surface area contributed by atoms with Crippen LogP contribution in [0.4, 0.5) is 0 Å². The maximum Gasteiger partial charge on any atom is 0.0720 e. The van der Waals surface area contributed by atoms with Gasteiger partial charge in [-0.3, -0.25) is 0 Å². The number of aliphatic hydroxyl groups excluding tert-OH is 1. The predicted molar refractivity (Wildman–Crippen MR) is 69.8 cm³/mol. The second-order valence-electron chi connectivity index (χ2n) is 7.25. The molecule has 17 heavy (non-hydrogen) atoms. The van der Waals surface area contributed by atoms with Crippen molar-refractivity contribution in [2.45, 2.75) is 58.0 Å². The molecule has 0 saturated heterocycles. The molecule has 4 aliphatic rings. The molecule has 3 atom stereocenters. The summed E-state index contributed by atoms with van der Waals surface area (Å²) >= 11 is 0. The first-order valence-electron chi connectivity index (χ1n) is 7.44. The molecule has 2 N–H and O–H groups in total. The van der Waals surface area contributed by atoms with Gasteiger partial charge in [-0.15, -0.1) is 0 Å². The van der Waals surface area contributed by atoms with E-state index in [1.54, 1.807) is 0 Å². The highest BCUT2D eigenvalue weighted by atomic mass is 16.3. The summed E-state index contributed by atoms with van der Waals surface area (Å²) in [7, 11) is 1.96. The van der Waals surface area contributed by atoms with Gasteiger partial charge in [-0.25, -0.2) is 0 Å². The lowest BCUT2D eigenvalue weighted by Gasteiger charge is -2.63. The van der Waals surface area contributed by atoms with Gasteiger partial charge in [0.15, 0.2) is 0 Å². The molecule has 4 saturated carbocycles. The van der Waals surface area contributed by atoms with Gasteiger partial charge in [0, 0.05) is 6.54 Å². The largest absolute Gasteiger partial charge is 0.391 e. The first kappa shape index (κ1) is 12.0. The van der Waals surface area contributed by atoms with Gasteiger partial charge < -0.3 is 10.4 Å². The van der Waals surface area contributed by atoms with Crippen LogP contribution in [-0.4, -0.2) is 24.8 Å². The van der Waals surface area contributed by atoms with E-state index in [0.717, 1.165) is 18.4 Å². The first-order chi connectivity index (χ1) is 8.11. The fourth-order valence-electron chi connectivity index (χ4n) is 5.74. The molecular formula is C15H27NO. The van der Waals surface area contributed by atoms with Gasteiger partial charge in [0.2, 0.25) is 0 Å². The van der Waals surface area contributed by atoms with E-state index in [9.17, 15) is 5.11 Å². The van der Waals surface area contributed by atoms with Crippen LogP contribution in [0.5, 0.6) is 0 Å². The van der Waals surface area contributed by atoms with Crippen LogP contribution in [-0.2, 0) is 0 Å². The number of rotatable bonds is 4. The summed E-state index contributed by atoms with van der Waals surface area (Å²) in [6, 6.07) is 0. The fraction of sp³-hybridized carbons (Fsp3) is 1.00. The Morgan fingerprint density at radius 2 is 1.88 bits per heavy atom. The topological polar surface area (TPSA) is 32.3 Å². The number of likely N-dealkylation sites (N-methyl/N-ethyl adjacent to an activating group) is 1. The van der Waals surface area contributed by atoms with Crippen LogP contribution in [0.2, 0.25) is 0 Å². The molecule has 4 rings (SSSR count). The molecule has 4 bridgehead atoms. The molecule has 0 radical (unpaired) electrons. The van der Waals surface area contributed by atoms with Crippen molar-refractivity contribution in [3.05, 3.63) is 0 Å². The van der Waals surface area contributed by atoms with Crippen molar-refractivity contribution in [1.29, 1.82) is 0 Å². The van der Waals surface area contributed by atoms with Crippen molar-refractivity contribution in [2.24, 2.45) is 22.7 Å². The Hall–Kier alpha value is -0.0800. The normalized spacial score (nSPS) is 49.6. The Balaban J connectivity index is 1.87. The van der Waals surface area contributed by atoms with Crippen LogP contribution >= 0.6 is 0 Å². The van der Waals surface area contributed by atoms with Crippen LogP contribution in [0.1, 0.15) is 51.9 Å². The number of hydrogen-bond donors (Lipinski definition) is 2. The Morgan fingerprint density at radius 3 is 2.41 bits per heavy atom. The van der Waals surface area contributed by atoms with Gasteiger partial charge >= 0.3 is 0 Å². The summed E-state index contributed by atoms with van der Waals surface area (Å²) in [6.45, 7) is 3.14. The minimum absolute atomic E-state index is 0.121. The second-order valence-corrected chi connectivity index (χ2v) is 7.25. The zero-order chi connectivity index (χ0) is 12.1. The molecule has 2 nitrogen and oxygen atoms in total. The Morgan fingerprint density at radius 1 is 1.24 bits per heavy atom. The molecule has 4 fully saturated rings. The standard InChI is InChI=1S/C15H27NO/c1-3-14-5-11-4-12(6-14)8-15(7-11,10-14)13(17)9-16-2/h11-13,16-17H,3-10H2,1-2H3. The van der Waals surface area contributed by atoms with E-state index in [1.165, 1.54) is 44.9 Å². The molecule has 98 valence electrons. The van der Waals surface area contributed by atoms with Crippen molar-refractivity contribution < 1.29 is 5.11 Å². The van der Waals surface area contributed by atoms with Crippen LogP contribution in [0.25, 0.3) is 0 Å². The van der Waals surface area contributed by atoms with Gasteiger partial charge in [-0.1, -0.05) is 13.3 Å². The van der Waals surface area contributed by atoms with Crippen LogP contribution in [0, 0.1) is 22.7 Å². The van der Waals surface area contributed by atoms with Crippen LogP contribution in [0.15, 0.2) is 0 Å². The van der Waals surface area contributed by atoms with Crippen molar-refractivity contribution in [3.8, 4) is 0 Å². The van der Waals surface area contributed by atoms with Gasteiger partial charge in [-0.2, -0.15) is 0 Å². The molecular weight excluding hydrogens is 210 g/mol. The van der Waals surface area contributed by atoms with Gasteiger partial charge in [0.25, 0.3) is 0 Å². The fourth-order valence-corrected chi connectivity index (χ4v) is 5.74. The predicted octanol–water partition coefficient (Wildman–Crippen LogP) is 2.56. The molecule has 0 aromatic rings. The second kappa shape index (κ2) is 3.96. The number of aliphatic hydroxyl groups is 1. The molecule has 0 aromatic heterocycles. The maximum atomic E-state index is 10.6. The van der Waals surface area contributed by atoms with E-state index in [2.05, 4.69) is 12.2 Å². The third kappa shape index (κ3) is 1.76. The summed E-state index contributed by atoms with van der Waals surface area (Å²) < 4.78 is 0. The van der Waals surface area contributed by atoms with Gasteiger partial charge in [0.05, 0.1) is 6.10 Å². The van der Waals surface area contributed by atoms with Crippen molar-refractivity contribution >= 4 is 0 Å². The van der Waals surface area contributed by atoms with E-state index in [1.807, 2.05) is 7.05 Å². The van der Waals surface area contributed by atoms with Crippen molar-refractivity contribution in [1.82, 2.24) is 5.32 Å². The smallest absolute Gasteiger partial charge is 0.0720 e. The summed E-state index contributed by atoms with van der Waals surface area (Å²) in [5.74, 6) is 1.84. The molecule has 0 aromatic carbocycles.